The minimum absolute atomic E-state index is 0.0581. The number of aliphatic hydroxyl groups is 1. The maximum Gasteiger partial charge on any atom is 0.229 e. The summed E-state index contributed by atoms with van der Waals surface area (Å²) in [6.45, 7) is 3.34. The molecule has 4 N–H and O–H groups in total. The molecule has 1 heterocycles. The van der Waals surface area contributed by atoms with Gasteiger partial charge in [0.15, 0.2) is 0 Å². The van der Waals surface area contributed by atoms with Crippen LogP contribution in [0, 0.1) is 10.8 Å². The highest BCUT2D eigenvalue weighted by atomic mass is 16.5. The molecule has 1 amide bonds. The molecule has 1 saturated heterocycles. The maximum atomic E-state index is 12.0. The van der Waals surface area contributed by atoms with Gasteiger partial charge in [0.1, 0.15) is 0 Å². The van der Waals surface area contributed by atoms with Gasteiger partial charge in [-0.1, -0.05) is 0 Å². The van der Waals surface area contributed by atoms with E-state index in [0.29, 0.717) is 19.8 Å². The quantitative estimate of drug-likeness (QED) is 0.590. The van der Waals surface area contributed by atoms with Crippen LogP contribution in [0.15, 0.2) is 0 Å². The minimum atomic E-state index is -0.620. The predicted octanol–water partition coefficient (Wildman–Crippen LogP) is -0.761. The summed E-state index contributed by atoms with van der Waals surface area (Å²) >= 11 is 0. The first-order chi connectivity index (χ1) is 7.52. The zero-order valence-corrected chi connectivity index (χ0v) is 9.66. The van der Waals surface area contributed by atoms with Crippen molar-refractivity contribution in [2.24, 2.45) is 16.6 Å². The van der Waals surface area contributed by atoms with Crippen LogP contribution in [0.5, 0.6) is 0 Å². The summed E-state index contributed by atoms with van der Waals surface area (Å²) in [5.41, 5.74) is 5.19. The Morgan fingerprint density at radius 3 is 2.75 bits per heavy atom. The number of carbonyl (C=O) groups excluding carboxylic acids is 1. The number of hydrogen-bond donors (Lipinski definition) is 3. The molecule has 2 aliphatic rings. The van der Waals surface area contributed by atoms with Gasteiger partial charge in [0.25, 0.3) is 0 Å². The molecule has 0 bridgehead atoms. The van der Waals surface area contributed by atoms with E-state index in [4.69, 9.17) is 15.6 Å². The zero-order valence-electron chi connectivity index (χ0n) is 9.66. The third kappa shape index (κ3) is 1.95. The summed E-state index contributed by atoms with van der Waals surface area (Å²) in [6.07, 6.45) is 1.98. The van der Waals surface area contributed by atoms with Crippen LogP contribution < -0.4 is 11.1 Å². The average Bonchev–Trinajstić information content (AvgIpc) is 2.98. The normalized spacial score (nSPS) is 36.1. The van der Waals surface area contributed by atoms with Crippen molar-refractivity contribution in [1.29, 1.82) is 0 Å². The molecule has 0 spiro atoms. The van der Waals surface area contributed by atoms with E-state index >= 15 is 0 Å². The highest BCUT2D eigenvalue weighted by Gasteiger charge is 2.47. The van der Waals surface area contributed by atoms with E-state index in [1.807, 2.05) is 6.92 Å². The number of carbonyl (C=O) groups is 1. The smallest absolute Gasteiger partial charge is 0.229 e. The van der Waals surface area contributed by atoms with Gasteiger partial charge in [-0.3, -0.25) is 4.79 Å². The van der Waals surface area contributed by atoms with E-state index in [0.717, 1.165) is 12.8 Å². The van der Waals surface area contributed by atoms with Crippen LogP contribution >= 0.6 is 0 Å². The third-order valence-corrected chi connectivity index (χ3v) is 3.95. The van der Waals surface area contributed by atoms with Gasteiger partial charge in [-0.2, -0.15) is 0 Å². The SMILES string of the molecule is CC1(C(=O)NCC2(CO)CC2)COCC1N. The Bertz CT molecular complexity index is 291. The molecule has 1 aliphatic carbocycles. The van der Waals surface area contributed by atoms with Crippen molar-refractivity contribution in [2.75, 3.05) is 26.4 Å². The summed E-state index contributed by atoms with van der Waals surface area (Å²) in [4.78, 5) is 12.0. The molecule has 1 aliphatic heterocycles. The molecule has 16 heavy (non-hydrogen) atoms. The highest BCUT2D eigenvalue weighted by Crippen LogP contribution is 2.44. The van der Waals surface area contributed by atoms with E-state index in [1.54, 1.807) is 0 Å². The van der Waals surface area contributed by atoms with Gasteiger partial charge in [0, 0.05) is 18.0 Å². The van der Waals surface area contributed by atoms with Crippen LogP contribution in [0.4, 0.5) is 0 Å². The Hall–Kier alpha value is -0.650. The molecule has 2 atom stereocenters. The number of aliphatic hydroxyl groups excluding tert-OH is 1. The molecule has 1 saturated carbocycles. The first-order valence-corrected chi connectivity index (χ1v) is 5.75. The van der Waals surface area contributed by atoms with Gasteiger partial charge in [-0.05, 0) is 19.8 Å². The molecular weight excluding hydrogens is 208 g/mol. The molecule has 2 fully saturated rings. The van der Waals surface area contributed by atoms with Crippen LogP contribution in [-0.2, 0) is 9.53 Å². The standard InChI is InChI=1S/C11H20N2O3/c1-10(7-16-4-8(10)12)9(15)13-5-11(6-14)2-3-11/h8,14H,2-7,12H2,1H3,(H,13,15). The van der Waals surface area contributed by atoms with Crippen LogP contribution in [0.2, 0.25) is 0 Å². The van der Waals surface area contributed by atoms with Crippen molar-refractivity contribution in [2.45, 2.75) is 25.8 Å². The van der Waals surface area contributed by atoms with Gasteiger partial charge >= 0.3 is 0 Å². The minimum Gasteiger partial charge on any atom is -0.396 e. The van der Waals surface area contributed by atoms with Crippen molar-refractivity contribution in [1.82, 2.24) is 5.32 Å². The molecule has 0 radical (unpaired) electrons. The van der Waals surface area contributed by atoms with E-state index in [2.05, 4.69) is 5.32 Å². The second kappa shape index (κ2) is 3.98. The van der Waals surface area contributed by atoms with E-state index in [9.17, 15) is 4.79 Å². The number of amides is 1. The van der Waals surface area contributed by atoms with Crippen LogP contribution in [0.25, 0.3) is 0 Å². The summed E-state index contributed by atoms with van der Waals surface area (Å²) < 4.78 is 5.23. The van der Waals surface area contributed by atoms with E-state index < -0.39 is 5.41 Å². The van der Waals surface area contributed by atoms with E-state index in [-0.39, 0.29) is 24.0 Å². The number of nitrogens with two attached hydrogens (primary N) is 1. The average molecular weight is 228 g/mol. The summed E-state index contributed by atoms with van der Waals surface area (Å²) in [7, 11) is 0. The lowest BCUT2D eigenvalue weighted by atomic mass is 9.84. The fraction of sp³-hybridized carbons (Fsp3) is 0.909. The van der Waals surface area contributed by atoms with Gasteiger partial charge < -0.3 is 20.9 Å². The first kappa shape index (κ1) is 11.8. The first-order valence-electron chi connectivity index (χ1n) is 5.75. The van der Waals surface area contributed by atoms with Crippen molar-refractivity contribution >= 4 is 5.91 Å². The Morgan fingerprint density at radius 2 is 2.31 bits per heavy atom. The molecule has 92 valence electrons. The van der Waals surface area contributed by atoms with Crippen LogP contribution in [0.1, 0.15) is 19.8 Å². The van der Waals surface area contributed by atoms with Crippen molar-refractivity contribution in [3.63, 3.8) is 0 Å². The molecule has 0 aromatic carbocycles. The lowest BCUT2D eigenvalue weighted by Crippen LogP contribution is -2.51. The second-order valence-corrected chi connectivity index (χ2v) is 5.38. The topological polar surface area (TPSA) is 84.6 Å². The fourth-order valence-corrected chi connectivity index (χ4v) is 1.96. The second-order valence-electron chi connectivity index (χ2n) is 5.38. The molecule has 0 aromatic heterocycles. The highest BCUT2D eigenvalue weighted by molar-refractivity contribution is 5.83. The van der Waals surface area contributed by atoms with Crippen molar-refractivity contribution in [3.8, 4) is 0 Å². The van der Waals surface area contributed by atoms with Crippen LogP contribution in [-0.4, -0.2) is 43.4 Å². The van der Waals surface area contributed by atoms with Gasteiger partial charge in [-0.25, -0.2) is 0 Å². The lowest BCUT2D eigenvalue weighted by molar-refractivity contribution is -0.131. The monoisotopic (exact) mass is 228 g/mol. The summed E-state index contributed by atoms with van der Waals surface area (Å²) in [5, 5.41) is 12.0. The third-order valence-electron chi connectivity index (χ3n) is 3.95. The Kier molecular flexibility index (Phi) is 2.94. The fourth-order valence-electron chi connectivity index (χ4n) is 1.96. The van der Waals surface area contributed by atoms with E-state index in [1.165, 1.54) is 0 Å². The number of hydrogen-bond acceptors (Lipinski definition) is 4. The molecular formula is C11H20N2O3. The lowest BCUT2D eigenvalue weighted by Gasteiger charge is -2.26. The molecule has 2 rings (SSSR count). The molecule has 5 nitrogen and oxygen atoms in total. The molecule has 2 unspecified atom stereocenters. The Labute approximate surface area is 95.3 Å². The summed E-state index contributed by atoms with van der Waals surface area (Å²) in [6, 6.07) is -0.239. The maximum absolute atomic E-state index is 12.0. The van der Waals surface area contributed by atoms with Gasteiger partial charge in [0.05, 0.1) is 25.2 Å². The van der Waals surface area contributed by atoms with Crippen molar-refractivity contribution in [3.05, 3.63) is 0 Å². The van der Waals surface area contributed by atoms with Crippen LogP contribution in [0.3, 0.4) is 0 Å². The van der Waals surface area contributed by atoms with Gasteiger partial charge in [0.2, 0.25) is 5.91 Å². The predicted molar refractivity (Wildman–Crippen MR) is 58.7 cm³/mol. The zero-order chi connectivity index (χ0) is 11.8. The largest absolute Gasteiger partial charge is 0.396 e. The Balaban J connectivity index is 1.88. The molecule has 0 aromatic rings. The van der Waals surface area contributed by atoms with Gasteiger partial charge in [-0.15, -0.1) is 0 Å². The number of nitrogens with one attached hydrogen (secondary N) is 1. The Morgan fingerprint density at radius 1 is 1.62 bits per heavy atom. The number of rotatable bonds is 4. The summed E-state index contributed by atoms with van der Waals surface area (Å²) in [5.74, 6) is -0.0581. The van der Waals surface area contributed by atoms with Crippen molar-refractivity contribution < 1.29 is 14.6 Å². The number of ether oxygens (including phenoxy) is 1. The molecule has 5 heteroatoms.